The topological polar surface area (TPSA) is 183 Å². The lowest BCUT2D eigenvalue weighted by atomic mass is 9.64. The Hall–Kier alpha value is -2.74. The molecule has 0 aliphatic rings. The third-order valence-corrected chi connectivity index (χ3v) is 6.26. The third-order valence-electron chi connectivity index (χ3n) is 6.26. The number of carbonyl (C=O) groups is 2. The number of amides is 2. The average Bonchev–Trinajstić information content (AvgIpc) is 2.97. The number of benzene rings is 1. The Labute approximate surface area is 265 Å². The normalized spacial score (nSPS) is 13.4. The second-order valence-corrected chi connectivity index (χ2v) is 11.5. The van der Waals surface area contributed by atoms with E-state index in [2.05, 4.69) is 62.1 Å². The average molecular weight is 623 g/mol. The van der Waals surface area contributed by atoms with E-state index in [-0.39, 0.29) is 24.3 Å². The van der Waals surface area contributed by atoms with Crippen LogP contribution in [0.1, 0.15) is 61.3 Å². The maximum atomic E-state index is 11.4. The maximum absolute atomic E-state index is 11.4. The number of nitrogens with one attached hydrogen (secondary N) is 4. The van der Waals surface area contributed by atoms with Gasteiger partial charge in [0.2, 0.25) is 11.8 Å². The van der Waals surface area contributed by atoms with Crippen LogP contribution in [0, 0.1) is 11.8 Å². The molecule has 9 N–H and O–H groups in total. The van der Waals surface area contributed by atoms with Crippen molar-refractivity contribution in [3.63, 3.8) is 0 Å². The van der Waals surface area contributed by atoms with Gasteiger partial charge in [-0.25, -0.2) is 0 Å². The van der Waals surface area contributed by atoms with E-state index in [4.69, 9.17) is 0 Å². The smallest absolute Gasteiger partial charge is 0.320 e. The van der Waals surface area contributed by atoms with E-state index in [0.29, 0.717) is 37.9 Å². The van der Waals surface area contributed by atoms with Crippen LogP contribution in [-0.2, 0) is 9.59 Å². The number of hydrogen-bond donors (Lipinski definition) is 9. The first-order valence-electron chi connectivity index (χ1n) is 15.4. The molecular weight excluding hydrogens is 563 g/mol. The zero-order valence-electron chi connectivity index (χ0n) is 28.0. The minimum Gasteiger partial charge on any atom is -0.446 e. The second-order valence-electron chi connectivity index (χ2n) is 11.5. The molecule has 1 aromatic carbocycles. The first-order chi connectivity index (χ1) is 20.5. The molecule has 252 valence electrons. The fourth-order valence-electron chi connectivity index (χ4n) is 3.26. The molecule has 12 heteroatoms. The van der Waals surface area contributed by atoms with Gasteiger partial charge in [-0.1, -0.05) is 66.7 Å². The summed E-state index contributed by atoms with van der Waals surface area (Å²) in [6.45, 7) is 23.4. The largest absolute Gasteiger partial charge is 0.446 e. The van der Waals surface area contributed by atoms with E-state index in [1.807, 2.05) is 32.0 Å². The highest BCUT2D eigenvalue weighted by Crippen LogP contribution is 2.08. The van der Waals surface area contributed by atoms with Crippen LogP contribution in [0.3, 0.4) is 0 Å². The molecule has 0 bridgehead atoms. The highest BCUT2D eigenvalue weighted by Gasteiger charge is 2.29. The van der Waals surface area contributed by atoms with Crippen molar-refractivity contribution in [1.82, 2.24) is 16.0 Å². The van der Waals surface area contributed by atoms with Crippen molar-refractivity contribution < 1.29 is 35.0 Å². The summed E-state index contributed by atoms with van der Waals surface area (Å²) in [5, 5.41) is 59.1. The minimum atomic E-state index is -1.40. The van der Waals surface area contributed by atoms with Crippen molar-refractivity contribution in [3.05, 3.63) is 49.2 Å². The van der Waals surface area contributed by atoms with Crippen molar-refractivity contribution in [1.29, 1.82) is 0 Å². The van der Waals surface area contributed by atoms with Crippen LogP contribution < -0.4 is 26.7 Å². The van der Waals surface area contributed by atoms with Crippen LogP contribution in [0.4, 0.5) is 5.69 Å². The van der Waals surface area contributed by atoms with Gasteiger partial charge in [0.25, 0.3) is 0 Å². The Morgan fingerprint density at radius 2 is 1.55 bits per heavy atom. The summed E-state index contributed by atoms with van der Waals surface area (Å²) in [6, 6.07) is 7.75. The fraction of sp³-hybridized carbons (Fsp3) is 0.625. The number of carbonyl (C=O) groups excluding carboxylic acids is 2. The molecule has 1 aromatic rings. The second kappa shape index (κ2) is 24.6. The predicted octanol–water partition coefficient (Wildman–Crippen LogP) is 1.38. The summed E-state index contributed by atoms with van der Waals surface area (Å²) in [7, 11) is 0. The molecule has 4 unspecified atom stereocenters. The van der Waals surface area contributed by atoms with Crippen LogP contribution >= 0.6 is 0 Å². The maximum Gasteiger partial charge on any atom is 0.320 e. The predicted molar refractivity (Wildman–Crippen MR) is 181 cm³/mol. The molecule has 0 spiro atoms. The van der Waals surface area contributed by atoms with Gasteiger partial charge in [-0.15, -0.1) is 0 Å². The van der Waals surface area contributed by atoms with E-state index in [0.717, 1.165) is 16.8 Å². The van der Waals surface area contributed by atoms with Crippen molar-refractivity contribution >= 4 is 29.9 Å². The summed E-state index contributed by atoms with van der Waals surface area (Å²) in [5.74, 6) is 0.252. The highest BCUT2D eigenvalue weighted by molar-refractivity contribution is 6.64. The van der Waals surface area contributed by atoms with Crippen molar-refractivity contribution in [2.45, 2.75) is 98.6 Å². The molecule has 0 saturated carbocycles. The lowest BCUT2D eigenvalue weighted by Crippen LogP contribution is -2.48. The van der Waals surface area contributed by atoms with E-state index in [9.17, 15) is 35.0 Å². The standard InChI is InChI=1S/C13H26N2O5.C11H16BNO2.C8H17N/c1-3-9(16)12(19)13(20)10(17)8-14-6-5-7-15-11(18)4-2;1-8(2)11(14)13-10-6-4-5-9(7-10)12(3)15;1-6(2)8(5)9-7(3)4/h4,9-10,12-14,16-17,19-20H,2-3,5-8H2,1H3,(H,15,18);4-8,15H,1-3H3,(H,13,14);6-7,9H,5H2,1-4H3. The van der Waals surface area contributed by atoms with E-state index in [1.54, 1.807) is 19.8 Å². The van der Waals surface area contributed by atoms with Gasteiger partial charge in [-0.05, 0) is 62.8 Å². The summed E-state index contributed by atoms with van der Waals surface area (Å²) in [6.07, 6.45) is -2.87. The molecule has 2 amide bonds. The first kappa shape index (κ1) is 43.4. The van der Waals surface area contributed by atoms with E-state index >= 15 is 0 Å². The van der Waals surface area contributed by atoms with Crippen LogP contribution in [-0.4, -0.2) is 94.3 Å². The number of aliphatic hydroxyl groups excluding tert-OH is 4. The zero-order valence-corrected chi connectivity index (χ0v) is 28.0. The van der Waals surface area contributed by atoms with Gasteiger partial charge in [0, 0.05) is 36.4 Å². The van der Waals surface area contributed by atoms with Gasteiger partial charge >= 0.3 is 6.92 Å². The van der Waals surface area contributed by atoms with Gasteiger partial charge in [-0.3, -0.25) is 9.59 Å². The third kappa shape index (κ3) is 21.0. The monoisotopic (exact) mass is 622 g/mol. The fourth-order valence-corrected chi connectivity index (χ4v) is 3.26. The zero-order chi connectivity index (χ0) is 34.4. The minimum absolute atomic E-state index is 0.0160. The van der Waals surface area contributed by atoms with Crippen molar-refractivity contribution in [2.24, 2.45) is 11.8 Å². The lowest BCUT2D eigenvalue weighted by Gasteiger charge is -2.26. The van der Waals surface area contributed by atoms with Crippen LogP contribution in [0.2, 0.25) is 6.82 Å². The number of hydrogen-bond acceptors (Lipinski definition) is 9. The summed E-state index contributed by atoms with van der Waals surface area (Å²) >= 11 is 0. The van der Waals surface area contributed by atoms with Crippen LogP contribution in [0.25, 0.3) is 0 Å². The number of anilines is 1. The molecule has 1 rings (SSSR count). The Morgan fingerprint density at radius 3 is 2.00 bits per heavy atom. The summed E-state index contributed by atoms with van der Waals surface area (Å²) in [5.41, 5.74) is 2.66. The Morgan fingerprint density at radius 1 is 0.955 bits per heavy atom. The van der Waals surface area contributed by atoms with Crippen LogP contribution in [0.15, 0.2) is 49.2 Å². The molecule has 0 aliphatic heterocycles. The van der Waals surface area contributed by atoms with Gasteiger partial charge in [-0.2, -0.15) is 0 Å². The van der Waals surface area contributed by atoms with Gasteiger partial charge in [0.1, 0.15) is 12.2 Å². The van der Waals surface area contributed by atoms with Crippen molar-refractivity contribution in [3.8, 4) is 0 Å². The summed E-state index contributed by atoms with van der Waals surface area (Å²) in [4.78, 5) is 22.3. The molecule has 11 nitrogen and oxygen atoms in total. The van der Waals surface area contributed by atoms with Gasteiger partial charge < -0.3 is 46.7 Å². The number of rotatable bonds is 17. The molecule has 0 aromatic heterocycles. The molecule has 44 heavy (non-hydrogen) atoms. The first-order valence-corrected chi connectivity index (χ1v) is 15.4. The Balaban J connectivity index is 0. The van der Waals surface area contributed by atoms with E-state index < -0.39 is 31.3 Å². The highest BCUT2D eigenvalue weighted by atomic mass is 16.4. The molecular formula is C32H59BN4O7. The Kier molecular flexibility index (Phi) is 24.2. The van der Waals surface area contributed by atoms with Crippen molar-refractivity contribution in [2.75, 3.05) is 25.0 Å². The Bertz CT molecular complexity index is 960. The molecule has 0 saturated heterocycles. The van der Waals surface area contributed by atoms with Gasteiger partial charge in [0.15, 0.2) is 0 Å². The molecule has 0 radical (unpaired) electrons. The van der Waals surface area contributed by atoms with E-state index in [1.165, 1.54) is 6.08 Å². The number of aliphatic hydroxyl groups is 4. The molecule has 0 heterocycles. The lowest BCUT2D eigenvalue weighted by molar-refractivity contribution is -0.119. The molecule has 4 atom stereocenters. The molecule has 0 aliphatic carbocycles. The summed E-state index contributed by atoms with van der Waals surface area (Å²) < 4.78 is 0. The quantitative estimate of drug-likeness (QED) is 0.0704. The SMILES string of the molecule is C=C(NC(C)C)C(C)C.C=CC(=O)NCCCNCC(O)C(O)C(O)C(O)CC.CB(O)c1cccc(NC(=O)C(C)C)c1. The van der Waals surface area contributed by atoms with Crippen LogP contribution in [0.5, 0.6) is 0 Å². The number of allylic oxidation sites excluding steroid dienone is 1. The molecule has 0 fully saturated rings. The van der Waals surface area contributed by atoms with Gasteiger partial charge in [0.05, 0.1) is 12.2 Å².